The van der Waals surface area contributed by atoms with E-state index in [4.69, 9.17) is 4.74 Å². The zero-order valence-electron chi connectivity index (χ0n) is 10.4. The first kappa shape index (κ1) is 15.3. The van der Waals surface area contributed by atoms with Crippen molar-refractivity contribution < 1.29 is 32.2 Å². The third kappa shape index (κ3) is 4.13. The van der Waals surface area contributed by atoms with Crippen molar-refractivity contribution in [2.24, 2.45) is 0 Å². The SMILES string of the molecule is COCCOc1ccc(C(=O)OC)cc1C(F)(F)F. The van der Waals surface area contributed by atoms with E-state index in [-0.39, 0.29) is 24.5 Å². The van der Waals surface area contributed by atoms with E-state index in [1.54, 1.807) is 0 Å². The molecule has 0 fully saturated rings. The van der Waals surface area contributed by atoms with Crippen LogP contribution in [0.1, 0.15) is 15.9 Å². The van der Waals surface area contributed by atoms with Gasteiger partial charge in [0, 0.05) is 7.11 Å². The summed E-state index contributed by atoms with van der Waals surface area (Å²) in [5.41, 5.74) is -1.21. The first-order chi connectivity index (χ1) is 8.90. The number of alkyl halides is 3. The second-order valence-corrected chi connectivity index (χ2v) is 3.54. The normalized spacial score (nSPS) is 11.2. The van der Waals surface area contributed by atoms with E-state index in [0.717, 1.165) is 13.2 Å². The summed E-state index contributed by atoms with van der Waals surface area (Å²) in [6, 6.07) is 3.00. The van der Waals surface area contributed by atoms with Crippen LogP contribution in [-0.2, 0) is 15.7 Å². The quantitative estimate of drug-likeness (QED) is 0.613. The summed E-state index contributed by atoms with van der Waals surface area (Å²) in [5, 5.41) is 0. The van der Waals surface area contributed by atoms with Gasteiger partial charge in [-0.3, -0.25) is 0 Å². The lowest BCUT2D eigenvalue weighted by atomic mass is 10.1. The Hall–Kier alpha value is -1.76. The Morgan fingerprint density at radius 1 is 1.21 bits per heavy atom. The van der Waals surface area contributed by atoms with Gasteiger partial charge in [0.2, 0.25) is 0 Å². The van der Waals surface area contributed by atoms with Crippen LogP contribution in [0.4, 0.5) is 13.2 Å². The van der Waals surface area contributed by atoms with Crippen molar-refractivity contribution >= 4 is 5.97 Å². The summed E-state index contributed by atoms with van der Waals surface area (Å²) in [6.45, 7) is 0.146. The van der Waals surface area contributed by atoms with Crippen LogP contribution in [0, 0.1) is 0 Å². The largest absolute Gasteiger partial charge is 0.491 e. The minimum Gasteiger partial charge on any atom is -0.491 e. The van der Waals surface area contributed by atoms with Crippen LogP contribution >= 0.6 is 0 Å². The molecule has 0 radical (unpaired) electrons. The average Bonchev–Trinajstić information content (AvgIpc) is 2.37. The summed E-state index contributed by atoms with van der Waals surface area (Å²) in [4.78, 5) is 11.2. The van der Waals surface area contributed by atoms with Gasteiger partial charge >= 0.3 is 12.1 Å². The fourth-order valence-electron chi connectivity index (χ4n) is 1.36. The van der Waals surface area contributed by atoms with Crippen molar-refractivity contribution in [1.82, 2.24) is 0 Å². The van der Waals surface area contributed by atoms with Crippen LogP contribution in [0.3, 0.4) is 0 Å². The molecule has 0 aromatic heterocycles. The Morgan fingerprint density at radius 3 is 2.42 bits per heavy atom. The topological polar surface area (TPSA) is 44.8 Å². The van der Waals surface area contributed by atoms with Crippen LogP contribution in [-0.4, -0.2) is 33.4 Å². The van der Waals surface area contributed by atoms with Crippen molar-refractivity contribution in [3.63, 3.8) is 0 Å². The number of carbonyl (C=O) groups is 1. The van der Waals surface area contributed by atoms with Gasteiger partial charge in [-0.2, -0.15) is 13.2 Å². The Kier molecular flexibility index (Phi) is 5.17. The molecule has 19 heavy (non-hydrogen) atoms. The second-order valence-electron chi connectivity index (χ2n) is 3.54. The summed E-state index contributed by atoms with van der Waals surface area (Å²) >= 11 is 0. The Bertz CT molecular complexity index is 443. The molecular weight excluding hydrogens is 265 g/mol. The van der Waals surface area contributed by atoms with Crippen molar-refractivity contribution in [1.29, 1.82) is 0 Å². The summed E-state index contributed by atoms with van der Waals surface area (Å²) in [5.74, 6) is -1.19. The van der Waals surface area contributed by atoms with E-state index in [0.29, 0.717) is 6.07 Å². The number of carbonyl (C=O) groups excluding carboxylic acids is 1. The van der Waals surface area contributed by atoms with E-state index >= 15 is 0 Å². The number of esters is 1. The molecule has 1 rings (SSSR count). The molecule has 0 aliphatic heterocycles. The van der Waals surface area contributed by atoms with Crippen molar-refractivity contribution in [3.8, 4) is 5.75 Å². The van der Waals surface area contributed by atoms with Gasteiger partial charge in [0.25, 0.3) is 0 Å². The highest BCUT2D eigenvalue weighted by molar-refractivity contribution is 5.89. The first-order valence-electron chi connectivity index (χ1n) is 5.31. The maximum absolute atomic E-state index is 12.8. The summed E-state index contributed by atoms with van der Waals surface area (Å²) in [7, 11) is 2.51. The highest BCUT2D eigenvalue weighted by Crippen LogP contribution is 2.36. The van der Waals surface area contributed by atoms with Gasteiger partial charge in [0.05, 0.1) is 24.8 Å². The highest BCUT2D eigenvalue weighted by atomic mass is 19.4. The number of hydrogen-bond donors (Lipinski definition) is 0. The molecule has 0 heterocycles. The molecule has 0 saturated heterocycles. The first-order valence-corrected chi connectivity index (χ1v) is 5.31. The van der Waals surface area contributed by atoms with Crippen LogP contribution in [0.5, 0.6) is 5.75 Å². The number of rotatable bonds is 5. The molecule has 4 nitrogen and oxygen atoms in total. The van der Waals surface area contributed by atoms with Gasteiger partial charge in [-0.25, -0.2) is 4.79 Å². The molecule has 0 spiro atoms. The molecule has 1 aromatic carbocycles. The summed E-state index contributed by atoms with van der Waals surface area (Å²) in [6.07, 6.45) is -4.62. The molecule has 0 aliphatic carbocycles. The van der Waals surface area contributed by atoms with Gasteiger partial charge in [-0.1, -0.05) is 0 Å². The van der Waals surface area contributed by atoms with Gasteiger partial charge in [-0.15, -0.1) is 0 Å². The fourth-order valence-corrected chi connectivity index (χ4v) is 1.36. The smallest absolute Gasteiger partial charge is 0.419 e. The van der Waals surface area contributed by atoms with E-state index < -0.39 is 17.7 Å². The zero-order valence-corrected chi connectivity index (χ0v) is 10.4. The molecule has 0 aliphatic rings. The van der Waals surface area contributed by atoms with Gasteiger partial charge in [0.1, 0.15) is 12.4 Å². The lowest BCUT2D eigenvalue weighted by Gasteiger charge is -2.14. The zero-order chi connectivity index (χ0) is 14.5. The maximum Gasteiger partial charge on any atom is 0.419 e. The Labute approximate surface area is 108 Å². The third-order valence-electron chi connectivity index (χ3n) is 2.25. The van der Waals surface area contributed by atoms with Crippen molar-refractivity contribution in [2.45, 2.75) is 6.18 Å². The molecule has 7 heteroatoms. The van der Waals surface area contributed by atoms with Gasteiger partial charge in [0.15, 0.2) is 0 Å². The summed E-state index contributed by atoms with van der Waals surface area (Å²) < 4.78 is 52.6. The molecule has 0 saturated carbocycles. The lowest BCUT2D eigenvalue weighted by Crippen LogP contribution is -2.13. The van der Waals surface area contributed by atoms with Crippen LogP contribution in [0.2, 0.25) is 0 Å². The maximum atomic E-state index is 12.8. The standard InChI is InChI=1S/C12H13F3O4/c1-17-5-6-19-10-4-3-8(11(16)18-2)7-9(10)12(13,14)15/h3-4,7H,5-6H2,1-2H3. The second kappa shape index (κ2) is 6.42. The van der Waals surface area contributed by atoms with Crippen molar-refractivity contribution in [3.05, 3.63) is 29.3 Å². The van der Waals surface area contributed by atoms with Crippen LogP contribution in [0.15, 0.2) is 18.2 Å². The minimum absolute atomic E-state index is 0.0167. The predicted octanol–water partition coefficient (Wildman–Crippen LogP) is 2.52. The van der Waals surface area contributed by atoms with Crippen molar-refractivity contribution in [2.75, 3.05) is 27.4 Å². The Morgan fingerprint density at radius 2 is 1.89 bits per heavy atom. The monoisotopic (exact) mass is 278 g/mol. The van der Waals surface area contributed by atoms with Crippen LogP contribution < -0.4 is 4.74 Å². The number of benzene rings is 1. The molecule has 0 unspecified atom stereocenters. The Balaban J connectivity index is 3.07. The number of ether oxygens (including phenoxy) is 3. The molecule has 106 valence electrons. The number of methoxy groups -OCH3 is 2. The molecular formula is C12H13F3O4. The minimum atomic E-state index is -4.62. The highest BCUT2D eigenvalue weighted by Gasteiger charge is 2.35. The van der Waals surface area contributed by atoms with E-state index in [1.165, 1.54) is 13.2 Å². The molecule has 1 aromatic rings. The number of halogens is 3. The van der Waals surface area contributed by atoms with E-state index in [9.17, 15) is 18.0 Å². The molecule has 0 N–H and O–H groups in total. The fraction of sp³-hybridized carbons (Fsp3) is 0.417. The molecule has 0 atom stereocenters. The van der Waals surface area contributed by atoms with Crippen LogP contribution in [0.25, 0.3) is 0 Å². The van der Waals surface area contributed by atoms with Gasteiger partial charge < -0.3 is 14.2 Å². The average molecular weight is 278 g/mol. The molecule has 0 bridgehead atoms. The molecule has 0 amide bonds. The third-order valence-corrected chi connectivity index (χ3v) is 2.25. The number of hydrogen-bond acceptors (Lipinski definition) is 4. The van der Waals surface area contributed by atoms with E-state index in [2.05, 4.69) is 9.47 Å². The van der Waals surface area contributed by atoms with E-state index in [1.807, 2.05) is 0 Å². The van der Waals surface area contributed by atoms with Gasteiger partial charge in [-0.05, 0) is 18.2 Å². The predicted molar refractivity (Wildman–Crippen MR) is 60.2 cm³/mol. The lowest BCUT2D eigenvalue weighted by molar-refractivity contribution is -0.139.